The fourth-order valence-corrected chi connectivity index (χ4v) is 2.73. The number of urea groups is 1. The summed E-state index contributed by atoms with van der Waals surface area (Å²) in [5, 5.41) is 3.09. The molecule has 86 valence electrons. The van der Waals surface area contributed by atoms with Gasteiger partial charge in [0.1, 0.15) is 0 Å². The van der Waals surface area contributed by atoms with Crippen LogP contribution in [0.3, 0.4) is 0 Å². The quantitative estimate of drug-likeness (QED) is 0.745. The van der Waals surface area contributed by atoms with Gasteiger partial charge in [-0.3, -0.25) is 0 Å². The van der Waals surface area contributed by atoms with E-state index in [4.69, 9.17) is 0 Å². The van der Waals surface area contributed by atoms with Crippen molar-refractivity contribution in [2.45, 2.75) is 45.4 Å². The highest BCUT2D eigenvalue weighted by Gasteiger charge is 2.29. The summed E-state index contributed by atoms with van der Waals surface area (Å²) < 4.78 is 0. The van der Waals surface area contributed by atoms with E-state index in [0.29, 0.717) is 5.41 Å². The van der Waals surface area contributed by atoms with Gasteiger partial charge in [0.25, 0.3) is 0 Å². The van der Waals surface area contributed by atoms with Crippen molar-refractivity contribution < 1.29 is 4.79 Å². The molecule has 2 amide bonds. The van der Waals surface area contributed by atoms with Crippen molar-refractivity contribution in [1.82, 2.24) is 10.2 Å². The maximum Gasteiger partial charge on any atom is 0.317 e. The number of carbonyl (C=O) groups is 1. The molecule has 0 radical (unpaired) electrons. The summed E-state index contributed by atoms with van der Waals surface area (Å²) in [4.78, 5) is 13.7. The van der Waals surface area contributed by atoms with Crippen molar-refractivity contribution in [2.75, 3.05) is 19.6 Å². The normalized spacial score (nSPS) is 24.5. The highest BCUT2D eigenvalue weighted by Crippen LogP contribution is 2.36. The van der Waals surface area contributed by atoms with E-state index in [-0.39, 0.29) is 6.03 Å². The third-order valence-electron chi connectivity index (χ3n) is 3.87. The van der Waals surface area contributed by atoms with Crippen molar-refractivity contribution in [2.24, 2.45) is 5.41 Å². The molecule has 15 heavy (non-hydrogen) atoms. The molecule has 1 heterocycles. The molecular formula is C12H22N2O. The van der Waals surface area contributed by atoms with Crippen LogP contribution in [0, 0.1) is 5.41 Å². The van der Waals surface area contributed by atoms with E-state index in [0.717, 1.165) is 19.6 Å². The molecule has 2 rings (SSSR count). The Morgan fingerprint density at radius 1 is 1.20 bits per heavy atom. The first-order valence-electron chi connectivity index (χ1n) is 6.22. The molecule has 1 saturated carbocycles. The second kappa shape index (κ2) is 4.42. The van der Waals surface area contributed by atoms with E-state index in [1.54, 1.807) is 0 Å². The Morgan fingerprint density at radius 2 is 1.80 bits per heavy atom. The van der Waals surface area contributed by atoms with Gasteiger partial charge in [-0.15, -0.1) is 0 Å². The van der Waals surface area contributed by atoms with Crippen LogP contribution >= 0.6 is 0 Å². The molecule has 0 atom stereocenters. The number of hydrogen-bond acceptors (Lipinski definition) is 1. The summed E-state index contributed by atoms with van der Waals surface area (Å²) in [6, 6.07) is 0.153. The van der Waals surface area contributed by atoms with Gasteiger partial charge in [0.2, 0.25) is 0 Å². The molecule has 1 aliphatic heterocycles. The zero-order valence-electron chi connectivity index (χ0n) is 9.72. The van der Waals surface area contributed by atoms with Crippen molar-refractivity contribution >= 4 is 6.03 Å². The monoisotopic (exact) mass is 210 g/mol. The molecule has 1 N–H and O–H groups in total. The lowest BCUT2D eigenvalue weighted by molar-refractivity contribution is 0.200. The van der Waals surface area contributed by atoms with E-state index in [2.05, 4.69) is 12.2 Å². The van der Waals surface area contributed by atoms with Gasteiger partial charge in [0, 0.05) is 19.6 Å². The third-order valence-corrected chi connectivity index (χ3v) is 3.87. The molecule has 0 spiro atoms. The van der Waals surface area contributed by atoms with Gasteiger partial charge in [-0.2, -0.15) is 0 Å². The van der Waals surface area contributed by atoms with Crippen LogP contribution in [0.2, 0.25) is 0 Å². The zero-order chi connectivity index (χ0) is 10.7. The molecule has 3 heteroatoms. The van der Waals surface area contributed by atoms with Crippen LogP contribution in [0.4, 0.5) is 4.79 Å². The van der Waals surface area contributed by atoms with Crippen molar-refractivity contribution in [3.8, 4) is 0 Å². The zero-order valence-corrected chi connectivity index (χ0v) is 9.72. The second-order valence-electron chi connectivity index (χ2n) is 5.37. The Balaban J connectivity index is 1.74. The van der Waals surface area contributed by atoms with E-state index in [1.807, 2.05) is 4.90 Å². The first-order valence-corrected chi connectivity index (χ1v) is 6.22. The van der Waals surface area contributed by atoms with Gasteiger partial charge in [0.15, 0.2) is 0 Å². The standard InChI is InChI=1S/C12H22N2O/c1-12(6-2-3-7-12)10-13-11(15)14-8-4-5-9-14/h2-10H2,1H3,(H,13,15). The number of nitrogens with one attached hydrogen (secondary N) is 1. The van der Waals surface area contributed by atoms with Crippen LogP contribution in [0.15, 0.2) is 0 Å². The van der Waals surface area contributed by atoms with Crippen LogP contribution in [0.1, 0.15) is 45.4 Å². The molecule has 0 aromatic heterocycles. The van der Waals surface area contributed by atoms with Crippen LogP contribution in [-0.4, -0.2) is 30.6 Å². The Kier molecular flexibility index (Phi) is 3.17. The number of amides is 2. The number of carbonyl (C=O) groups excluding carboxylic acids is 1. The van der Waals surface area contributed by atoms with Gasteiger partial charge in [-0.1, -0.05) is 19.8 Å². The van der Waals surface area contributed by atoms with E-state index >= 15 is 0 Å². The van der Waals surface area contributed by atoms with Crippen LogP contribution in [-0.2, 0) is 0 Å². The molecule has 0 bridgehead atoms. The highest BCUT2D eigenvalue weighted by molar-refractivity contribution is 5.74. The first-order chi connectivity index (χ1) is 7.20. The minimum atomic E-state index is 0.153. The van der Waals surface area contributed by atoms with E-state index in [1.165, 1.54) is 38.5 Å². The smallest absolute Gasteiger partial charge is 0.317 e. The van der Waals surface area contributed by atoms with Crippen molar-refractivity contribution in [3.05, 3.63) is 0 Å². The summed E-state index contributed by atoms with van der Waals surface area (Å²) in [5.41, 5.74) is 0.370. The third kappa shape index (κ3) is 2.64. The lowest BCUT2D eigenvalue weighted by atomic mass is 9.89. The maximum atomic E-state index is 11.8. The summed E-state index contributed by atoms with van der Waals surface area (Å²) in [7, 11) is 0. The predicted molar refractivity (Wildman–Crippen MR) is 60.8 cm³/mol. The summed E-state index contributed by atoms with van der Waals surface area (Å²) in [6.07, 6.45) is 7.54. The Bertz CT molecular complexity index is 228. The molecule has 1 aliphatic carbocycles. The molecule has 2 fully saturated rings. The average molecular weight is 210 g/mol. The molecule has 0 aromatic rings. The highest BCUT2D eigenvalue weighted by atomic mass is 16.2. The largest absolute Gasteiger partial charge is 0.337 e. The molecule has 0 aromatic carbocycles. The number of rotatable bonds is 2. The molecule has 0 unspecified atom stereocenters. The van der Waals surface area contributed by atoms with Crippen LogP contribution in [0.25, 0.3) is 0 Å². The van der Waals surface area contributed by atoms with Crippen molar-refractivity contribution in [3.63, 3.8) is 0 Å². The SMILES string of the molecule is CC1(CNC(=O)N2CCCC2)CCCC1. The average Bonchev–Trinajstić information content (AvgIpc) is 2.85. The molecular weight excluding hydrogens is 188 g/mol. The number of likely N-dealkylation sites (tertiary alicyclic amines) is 1. The van der Waals surface area contributed by atoms with Crippen molar-refractivity contribution in [1.29, 1.82) is 0 Å². The fraction of sp³-hybridized carbons (Fsp3) is 0.917. The van der Waals surface area contributed by atoms with Gasteiger partial charge >= 0.3 is 6.03 Å². The Labute approximate surface area is 92.2 Å². The Hall–Kier alpha value is -0.730. The Morgan fingerprint density at radius 3 is 2.40 bits per heavy atom. The van der Waals surface area contributed by atoms with E-state index in [9.17, 15) is 4.79 Å². The number of hydrogen-bond donors (Lipinski definition) is 1. The molecule has 2 aliphatic rings. The minimum absolute atomic E-state index is 0.153. The topological polar surface area (TPSA) is 32.3 Å². The first kappa shape index (κ1) is 10.8. The minimum Gasteiger partial charge on any atom is -0.337 e. The lowest BCUT2D eigenvalue weighted by Crippen LogP contribution is -2.42. The maximum absolute atomic E-state index is 11.8. The van der Waals surface area contributed by atoms with Gasteiger partial charge in [-0.25, -0.2) is 4.79 Å². The van der Waals surface area contributed by atoms with E-state index < -0.39 is 0 Å². The van der Waals surface area contributed by atoms with Gasteiger partial charge < -0.3 is 10.2 Å². The summed E-state index contributed by atoms with van der Waals surface area (Å²) in [6.45, 7) is 5.05. The summed E-state index contributed by atoms with van der Waals surface area (Å²) >= 11 is 0. The lowest BCUT2D eigenvalue weighted by Gasteiger charge is -2.25. The van der Waals surface area contributed by atoms with Gasteiger partial charge in [0.05, 0.1) is 0 Å². The fourth-order valence-electron chi connectivity index (χ4n) is 2.73. The molecule has 1 saturated heterocycles. The van der Waals surface area contributed by atoms with Crippen LogP contribution < -0.4 is 5.32 Å². The summed E-state index contributed by atoms with van der Waals surface area (Å²) in [5.74, 6) is 0. The van der Waals surface area contributed by atoms with Gasteiger partial charge in [-0.05, 0) is 31.1 Å². The molecule has 3 nitrogen and oxygen atoms in total. The second-order valence-corrected chi connectivity index (χ2v) is 5.37. The van der Waals surface area contributed by atoms with Crippen LogP contribution in [0.5, 0.6) is 0 Å². The number of nitrogens with zero attached hydrogens (tertiary/aromatic N) is 1. The predicted octanol–water partition coefficient (Wildman–Crippen LogP) is 2.37.